The zero-order valence-corrected chi connectivity index (χ0v) is 9.98. The molecule has 0 N–H and O–H groups in total. The first-order chi connectivity index (χ1) is 8.38. The zero-order valence-electron chi connectivity index (χ0n) is 9.98. The van der Waals surface area contributed by atoms with Gasteiger partial charge in [-0.15, -0.1) is 0 Å². The van der Waals surface area contributed by atoms with Crippen LogP contribution in [0.2, 0.25) is 0 Å². The molecule has 0 radical (unpaired) electrons. The third-order valence-electron chi connectivity index (χ3n) is 3.08. The number of ether oxygens (including phenoxy) is 2. The fraction of sp³-hybridized carbons (Fsp3) is 0.571. The van der Waals surface area contributed by atoms with Crippen molar-refractivity contribution in [3.63, 3.8) is 0 Å². The van der Waals surface area contributed by atoms with Crippen LogP contribution in [-0.4, -0.2) is 25.5 Å². The van der Waals surface area contributed by atoms with E-state index in [0.29, 0.717) is 19.6 Å². The summed E-state index contributed by atoms with van der Waals surface area (Å²) in [4.78, 5) is 0. The molecule has 0 unspecified atom stereocenters. The number of alkyl halides is 1. The van der Waals surface area contributed by atoms with Crippen molar-refractivity contribution in [2.24, 2.45) is 0 Å². The second kappa shape index (κ2) is 6.72. The molecule has 1 aromatic rings. The van der Waals surface area contributed by atoms with E-state index in [0.717, 1.165) is 12.8 Å². The van der Waals surface area contributed by atoms with Crippen LogP contribution in [0.3, 0.4) is 0 Å². The lowest BCUT2D eigenvalue weighted by Crippen LogP contribution is -2.31. The molecule has 1 aliphatic rings. The molecule has 1 saturated heterocycles. The second-order valence-corrected chi connectivity index (χ2v) is 4.41. The molecule has 0 spiro atoms. The van der Waals surface area contributed by atoms with Crippen molar-refractivity contribution >= 4 is 0 Å². The Balaban J connectivity index is 1.75. The van der Waals surface area contributed by atoms with Gasteiger partial charge >= 0.3 is 0 Å². The van der Waals surface area contributed by atoms with Gasteiger partial charge in [-0.1, -0.05) is 30.3 Å². The molecule has 2 rings (SSSR count). The summed E-state index contributed by atoms with van der Waals surface area (Å²) in [7, 11) is 0. The van der Waals surface area contributed by atoms with Crippen LogP contribution in [0.5, 0.6) is 0 Å². The van der Waals surface area contributed by atoms with E-state index in [1.807, 2.05) is 18.2 Å². The lowest BCUT2D eigenvalue weighted by atomic mass is 10.0. The topological polar surface area (TPSA) is 18.5 Å². The van der Waals surface area contributed by atoms with E-state index in [1.54, 1.807) is 0 Å². The normalized spacial score (nSPS) is 24.8. The first-order valence-electron chi connectivity index (χ1n) is 6.21. The molecule has 0 saturated carbocycles. The molecule has 17 heavy (non-hydrogen) atoms. The Kier molecular flexibility index (Phi) is 4.95. The van der Waals surface area contributed by atoms with Gasteiger partial charge in [0.2, 0.25) is 0 Å². The molecule has 0 amide bonds. The summed E-state index contributed by atoms with van der Waals surface area (Å²) in [5.41, 5.74) is 1.18. The van der Waals surface area contributed by atoms with Crippen molar-refractivity contribution in [1.82, 2.24) is 0 Å². The van der Waals surface area contributed by atoms with E-state index >= 15 is 0 Å². The Morgan fingerprint density at radius 1 is 1.29 bits per heavy atom. The maximum atomic E-state index is 12.2. The van der Waals surface area contributed by atoms with Crippen LogP contribution in [0.1, 0.15) is 24.8 Å². The first-order valence-corrected chi connectivity index (χ1v) is 6.21. The summed E-state index contributed by atoms with van der Waals surface area (Å²) in [5.74, 6) is 0. The summed E-state index contributed by atoms with van der Waals surface area (Å²) in [6, 6.07) is 10.1. The van der Waals surface area contributed by atoms with Gasteiger partial charge in [0, 0.05) is 13.0 Å². The minimum atomic E-state index is -0.309. The van der Waals surface area contributed by atoms with Crippen molar-refractivity contribution < 1.29 is 13.9 Å². The third-order valence-corrected chi connectivity index (χ3v) is 3.08. The maximum Gasteiger partial charge on any atom is 0.0919 e. The predicted molar refractivity (Wildman–Crippen MR) is 64.6 cm³/mol. The van der Waals surface area contributed by atoms with Gasteiger partial charge in [-0.25, -0.2) is 0 Å². The van der Waals surface area contributed by atoms with Gasteiger partial charge < -0.3 is 9.47 Å². The van der Waals surface area contributed by atoms with E-state index < -0.39 is 0 Å². The number of hydrogen-bond donors (Lipinski definition) is 0. The molecule has 2 atom stereocenters. The summed E-state index contributed by atoms with van der Waals surface area (Å²) < 4.78 is 23.6. The molecular weight excluding hydrogens is 219 g/mol. The Labute approximate surface area is 102 Å². The predicted octanol–water partition coefficient (Wildman–Crippen LogP) is 3.11. The highest BCUT2D eigenvalue weighted by Crippen LogP contribution is 2.20. The van der Waals surface area contributed by atoms with Crippen molar-refractivity contribution in [3.8, 4) is 0 Å². The van der Waals surface area contributed by atoms with Crippen LogP contribution in [0, 0.1) is 0 Å². The second-order valence-electron chi connectivity index (χ2n) is 4.41. The van der Waals surface area contributed by atoms with E-state index in [9.17, 15) is 4.39 Å². The fourth-order valence-corrected chi connectivity index (χ4v) is 2.11. The van der Waals surface area contributed by atoms with Crippen LogP contribution in [0.25, 0.3) is 0 Å². The largest absolute Gasteiger partial charge is 0.378 e. The van der Waals surface area contributed by atoms with Gasteiger partial charge in [-0.05, 0) is 18.4 Å². The molecule has 1 heterocycles. The van der Waals surface area contributed by atoms with Crippen molar-refractivity contribution in [1.29, 1.82) is 0 Å². The molecule has 0 bridgehead atoms. The molecule has 1 aliphatic heterocycles. The molecule has 3 heteroatoms. The van der Waals surface area contributed by atoms with Gasteiger partial charge in [0.15, 0.2) is 0 Å². The van der Waals surface area contributed by atoms with Gasteiger partial charge in [-0.2, -0.15) is 0 Å². The minimum Gasteiger partial charge on any atom is -0.378 e. The zero-order chi connectivity index (χ0) is 11.9. The van der Waals surface area contributed by atoms with Crippen molar-refractivity contribution in [3.05, 3.63) is 35.9 Å². The highest BCUT2D eigenvalue weighted by molar-refractivity contribution is 5.13. The van der Waals surface area contributed by atoms with E-state index in [1.165, 1.54) is 5.56 Å². The maximum absolute atomic E-state index is 12.2. The van der Waals surface area contributed by atoms with Crippen molar-refractivity contribution in [2.75, 3.05) is 13.3 Å². The molecule has 0 aromatic heterocycles. The Morgan fingerprint density at radius 3 is 2.88 bits per heavy atom. The number of halogens is 1. The van der Waals surface area contributed by atoms with Crippen molar-refractivity contribution in [2.45, 2.75) is 38.1 Å². The summed E-state index contributed by atoms with van der Waals surface area (Å²) in [5, 5.41) is 0. The molecule has 94 valence electrons. The van der Waals surface area contributed by atoms with Gasteiger partial charge in [0.05, 0.1) is 25.5 Å². The van der Waals surface area contributed by atoms with Crippen LogP contribution >= 0.6 is 0 Å². The lowest BCUT2D eigenvalue weighted by Gasteiger charge is -2.29. The van der Waals surface area contributed by atoms with Crippen LogP contribution in [0.4, 0.5) is 4.39 Å². The van der Waals surface area contributed by atoms with Crippen LogP contribution in [0.15, 0.2) is 30.3 Å². The number of rotatable bonds is 5. The number of benzene rings is 1. The standard InChI is InChI=1S/C14H19FO2/c15-8-6-13-10-14(7-9-16-13)17-11-12-4-2-1-3-5-12/h1-5,13-14H,6-11H2/t13-,14-/m1/s1. The molecule has 1 fully saturated rings. The van der Waals surface area contributed by atoms with E-state index in [-0.39, 0.29) is 18.9 Å². The van der Waals surface area contributed by atoms with Gasteiger partial charge in [0.25, 0.3) is 0 Å². The van der Waals surface area contributed by atoms with Gasteiger partial charge in [0.1, 0.15) is 0 Å². The quantitative estimate of drug-likeness (QED) is 0.784. The summed E-state index contributed by atoms with van der Waals surface area (Å²) in [6.45, 7) is 1.01. The Morgan fingerprint density at radius 2 is 2.12 bits per heavy atom. The number of hydrogen-bond acceptors (Lipinski definition) is 2. The van der Waals surface area contributed by atoms with Gasteiger partial charge in [-0.3, -0.25) is 4.39 Å². The Bertz CT molecular complexity index is 313. The monoisotopic (exact) mass is 238 g/mol. The minimum absolute atomic E-state index is 0.0366. The Hall–Kier alpha value is -0.930. The summed E-state index contributed by atoms with van der Waals surface area (Å²) >= 11 is 0. The first kappa shape index (κ1) is 12.5. The average Bonchev–Trinajstić information content (AvgIpc) is 2.39. The third kappa shape index (κ3) is 4.10. The highest BCUT2D eigenvalue weighted by Gasteiger charge is 2.22. The molecule has 0 aliphatic carbocycles. The molecular formula is C14H19FO2. The lowest BCUT2D eigenvalue weighted by molar-refractivity contribution is -0.0809. The fourth-order valence-electron chi connectivity index (χ4n) is 2.11. The van der Waals surface area contributed by atoms with E-state index in [4.69, 9.17) is 9.47 Å². The van der Waals surface area contributed by atoms with Crippen LogP contribution in [-0.2, 0) is 16.1 Å². The SMILES string of the molecule is FCC[C@@H]1C[C@H](OCc2ccccc2)CCO1. The summed E-state index contributed by atoms with van der Waals surface area (Å²) in [6.07, 6.45) is 2.47. The average molecular weight is 238 g/mol. The van der Waals surface area contributed by atoms with E-state index in [2.05, 4.69) is 12.1 Å². The molecule has 1 aromatic carbocycles. The highest BCUT2D eigenvalue weighted by atomic mass is 19.1. The molecule has 2 nitrogen and oxygen atoms in total. The smallest absolute Gasteiger partial charge is 0.0919 e. The van der Waals surface area contributed by atoms with Crippen LogP contribution < -0.4 is 0 Å².